The highest BCUT2D eigenvalue weighted by atomic mass is 32.1. The molecule has 0 spiro atoms. The second-order valence-corrected chi connectivity index (χ2v) is 9.23. The van der Waals surface area contributed by atoms with Crippen LogP contribution in [0.4, 0.5) is 0 Å². The Balaban J connectivity index is 1.35. The molecule has 150 valence electrons. The Kier molecular flexibility index (Phi) is 6.27. The number of rotatable bonds is 4. The highest BCUT2D eigenvalue weighted by Crippen LogP contribution is 2.31. The van der Waals surface area contributed by atoms with Gasteiger partial charge in [0.1, 0.15) is 0 Å². The predicted molar refractivity (Wildman–Crippen MR) is 117 cm³/mol. The summed E-state index contributed by atoms with van der Waals surface area (Å²) in [6, 6.07) is 11.6. The van der Waals surface area contributed by atoms with Gasteiger partial charge < -0.3 is 10.2 Å². The van der Waals surface area contributed by atoms with Gasteiger partial charge in [0.05, 0.1) is 11.6 Å². The fraction of sp³-hybridized carbons (Fsp3) is 0.545. The molecular weight excluding hydrogens is 366 g/mol. The van der Waals surface area contributed by atoms with Crippen LogP contribution in [0.25, 0.3) is 0 Å². The molecule has 1 N–H and O–H groups in total. The molecule has 2 unspecified atom stereocenters. The Morgan fingerprint density at radius 2 is 2.11 bits per heavy atom. The zero-order chi connectivity index (χ0) is 19.3. The lowest BCUT2D eigenvalue weighted by Crippen LogP contribution is -2.56. The zero-order valence-electron chi connectivity index (χ0n) is 17.0. The molecule has 6 heteroatoms. The number of fused-ring (bicyclic) bond motifs is 1. The number of likely N-dealkylation sites (tertiary alicyclic amines) is 2. The first-order chi connectivity index (χ1) is 13.7. The van der Waals surface area contributed by atoms with Crippen LogP contribution in [0.1, 0.15) is 34.7 Å². The van der Waals surface area contributed by atoms with Gasteiger partial charge in [0.25, 0.3) is 0 Å². The van der Waals surface area contributed by atoms with Crippen LogP contribution < -0.4 is 5.32 Å². The second-order valence-electron chi connectivity index (χ2n) is 7.91. The number of aromatic nitrogens is 1. The van der Waals surface area contributed by atoms with Crippen LogP contribution in [-0.4, -0.2) is 53.5 Å². The SMILES string of the molecule is CN=C(NCc1cnc(C)s1)N1CCC2C(CCCN2Cc2ccccc2)C1. The molecule has 28 heavy (non-hydrogen) atoms. The van der Waals surface area contributed by atoms with Crippen molar-refractivity contribution in [3.8, 4) is 0 Å². The lowest BCUT2D eigenvalue weighted by atomic mass is 9.83. The van der Waals surface area contributed by atoms with Crippen molar-refractivity contribution < 1.29 is 0 Å². The number of guanidine groups is 1. The van der Waals surface area contributed by atoms with E-state index in [1.807, 2.05) is 13.2 Å². The van der Waals surface area contributed by atoms with E-state index in [1.54, 1.807) is 11.3 Å². The van der Waals surface area contributed by atoms with Gasteiger partial charge in [-0.05, 0) is 44.2 Å². The molecule has 0 radical (unpaired) electrons. The Labute approximate surface area is 172 Å². The minimum Gasteiger partial charge on any atom is -0.351 e. The average molecular weight is 398 g/mol. The largest absolute Gasteiger partial charge is 0.351 e. The molecule has 0 saturated carbocycles. The van der Waals surface area contributed by atoms with E-state index in [9.17, 15) is 0 Å². The fourth-order valence-corrected chi connectivity index (χ4v) is 5.43. The standard InChI is InChI=1S/C22H31N5S/c1-17-24-13-20(28-17)14-25-22(23-2)27-12-10-21-19(16-27)9-6-11-26(21)15-18-7-4-3-5-8-18/h3-5,7-8,13,19,21H,6,9-12,14-16H2,1-2H3,(H,23,25). The van der Waals surface area contributed by atoms with Gasteiger partial charge in [0.2, 0.25) is 0 Å². The van der Waals surface area contributed by atoms with Crippen molar-refractivity contribution in [2.24, 2.45) is 10.9 Å². The maximum atomic E-state index is 4.56. The van der Waals surface area contributed by atoms with Crippen LogP contribution in [0, 0.1) is 12.8 Å². The maximum Gasteiger partial charge on any atom is 0.193 e. The lowest BCUT2D eigenvalue weighted by Gasteiger charge is -2.48. The van der Waals surface area contributed by atoms with Gasteiger partial charge >= 0.3 is 0 Å². The quantitative estimate of drug-likeness (QED) is 0.633. The third-order valence-electron chi connectivity index (χ3n) is 6.01. The number of nitrogens with one attached hydrogen (secondary N) is 1. The number of piperidine rings is 2. The summed E-state index contributed by atoms with van der Waals surface area (Å²) in [6.07, 6.45) is 5.82. The topological polar surface area (TPSA) is 43.8 Å². The third kappa shape index (κ3) is 4.55. The summed E-state index contributed by atoms with van der Waals surface area (Å²) in [5.74, 6) is 1.76. The van der Waals surface area contributed by atoms with Gasteiger partial charge in [-0.3, -0.25) is 9.89 Å². The molecule has 2 aliphatic rings. The van der Waals surface area contributed by atoms with Crippen molar-refractivity contribution in [3.05, 3.63) is 52.0 Å². The number of aliphatic imine (C=N–C) groups is 1. The molecule has 2 atom stereocenters. The van der Waals surface area contributed by atoms with E-state index < -0.39 is 0 Å². The summed E-state index contributed by atoms with van der Waals surface area (Å²) in [7, 11) is 1.90. The van der Waals surface area contributed by atoms with Crippen LogP contribution in [0.5, 0.6) is 0 Å². The molecule has 2 aromatic rings. The molecule has 0 aliphatic carbocycles. The van der Waals surface area contributed by atoms with Gasteiger partial charge in [0.15, 0.2) is 5.96 Å². The van der Waals surface area contributed by atoms with Gasteiger partial charge in [0, 0.05) is 43.8 Å². The first kappa shape index (κ1) is 19.4. The van der Waals surface area contributed by atoms with Crippen molar-refractivity contribution >= 4 is 17.3 Å². The average Bonchev–Trinajstić information content (AvgIpc) is 3.14. The Hall–Kier alpha value is -1.92. The third-order valence-corrected chi connectivity index (χ3v) is 6.93. The summed E-state index contributed by atoms with van der Waals surface area (Å²) in [5.41, 5.74) is 1.43. The number of aryl methyl sites for hydroxylation is 1. The monoisotopic (exact) mass is 397 g/mol. The van der Waals surface area contributed by atoms with E-state index in [0.29, 0.717) is 6.04 Å². The molecule has 2 saturated heterocycles. The summed E-state index contributed by atoms with van der Waals surface area (Å²) >= 11 is 1.75. The van der Waals surface area contributed by atoms with Crippen LogP contribution in [0.2, 0.25) is 0 Å². The van der Waals surface area contributed by atoms with Crippen LogP contribution in [0.15, 0.2) is 41.5 Å². The summed E-state index contributed by atoms with van der Waals surface area (Å²) < 4.78 is 0. The van der Waals surface area contributed by atoms with Crippen molar-refractivity contribution in [2.75, 3.05) is 26.7 Å². The first-order valence-electron chi connectivity index (χ1n) is 10.4. The zero-order valence-corrected chi connectivity index (χ0v) is 17.8. The molecule has 3 heterocycles. The van der Waals surface area contributed by atoms with Crippen LogP contribution >= 0.6 is 11.3 Å². The summed E-state index contributed by atoms with van der Waals surface area (Å²) in [4.78, 5) is 15.4. The van der Waals surface area contributed by atoms with E-state index >= 15 is 0 Å². The molecule has 2 aliphatic heterocycles. The van der Waals surface area contributed by atoms with Crippen molar-refractivity contribution in [1.82, 2.24) is 20.1 Å². The molecule has 2 fully saturated rings. The minimum absolute atomic E-state index is 0.701. The highest BCUT2D eigenvalue weighted by Gasteiger charge is 2.36. The van der Waals surface area contributed by atoms with Crippen molar-refractivity contribution in [2.45, 2.75) is 45.3 Å². The number of hydrogen-bond acceptors (Lipinski definition) is 4. The Bertz CT molecular complexity index is 787. The van der Waals surface area contributed by atoms with E-state index in [-0.39, 0.29) is 0 Å². The van der Waals surface area contributed by atoms with Gasteiger partial charge in [-0.15, -0.1) is 11.3 Å². The van der Waals surface area contributed by atoms with E-state index in [0.717, 1.165) is 43.1 Å². The second kappa shape index (κ2) is 9.05. The Morgan fingerprint density at radius 1 is 1.25 bits per heavy atom. The number of nitrogens with zero attached hydrogens (tertiary/aromatic N) is 4. The minimum atomic E-state index is 0.701. The number of benzene rings is 1. The molecule has 1 aromatic heterocycles. The van der Waals surface area contributed by atoms with Crippen LogP contribution in [-0.2, 0) is 13.1 Å². The first-order valence-corrected chi connectivity index (χ1v) is 11.2. The predicted octanol–water partition coefficient (Wildman–Crippen LogP) is 3.51. The molecule has 4 rings (SSSR count). The summed E-state index contributed by atoms with van der Waals surface area (Å²) in [6.45, 7) is 7.36. The molecule has 0 amide bonds. The Morgan fingerprint density at radius 3 is 2.86 bits per heavy atom. The smallest absolute Gasteiger partial charge is 0.193 e. The van der Waals surface area contributed by atoms with Gasteiger partial charge in [-0.2, -0.15) is 0 Å². The number of hydrogen-bond donors (Lipinski definition) is 1. The highest BCUT2D eigenvalue weighted by molar-refractivity contribution is 7.11. The van der Waals surface area contributed by atoms with Crippen molar-refractivity contribution in [1.29, 1.82) is 0 Å². The van der Waals surface area contributed by atoms with Crippen molar-refractivity contribution in [3.63, 3.8) is 0 Å². The molecule has 0 bridgehead atoms. The van der Waals surface area contributed by atoms with E-state index in [2.05, 4.69) is 62.3 Å². The fourth-order valence-electron chi connectivity index (χ4n) is 4.70. The number of thiazole rings is 1. The molecule has 1 aromatic carbocycles. The van der Waals surface area contributed by atoms with E-state index in [1.165, 1.54) is 36.2 Å². The van der Waals surface area contributed by atoms with Gasteiger partial charge in [-0.25, -0.2) is 4.98 Å². The van der Waals surface area contributed by atoms with E-state index in [4.69, 9.17) is 0 Å². The van der Waals surface area contributed by atoms with Crippen LogP contribution in [0.3, 0.4) is 0 Å². The lowest BCUT2D eigenvalue weighted by molar-refractivity contribution is 0.0372. The van der Waals surface area contributed by atoms with Gasteiger partial charge in [-0.1, -0.05) is 30.3 Å². The normalized spacial score (nSPS) is 23.5. The maximum absolute atomic E-state index is 4.56. The molecular formula is C22H31N5S. The summed E-state index contributed by atoms with van der Waals surface area (Å²) in [5, 5.41) is 4.67. The molecule has 5 nitrogen and oxygen atoms in total.